The molecule has 0 rings (SSSR count). The normalized spacial score (nSPS) is 12.5. The molecule has 1 unspecified atom stereocenters. The van der Waals surface area contributed by atoms with Crippen molar-refractivity contribution in [1.82, 2.24) is 0 Å². The molecule has 6 nitrogen and oxygen atoms in total. The Morgan fingerprint density at radius 1 is 0.377 bits per heavy atom. The van der Waals surface area contributed by atoms with Crippen molar-refractivity contribution in [3.8, 4) is 0 Å². The van der Waals surface area contributed by atoms with Crippen LogP contribution >= 0.6 is 0 Å². The lowest BCUT2D eigenvalue weighted by atomic mass is 9.99. The Kier molecular flexibility index (Phi) is 40.3. The van der Waals surface area contributed by atoms with Crippen molar-refractivity contribution in [1.29, 1.82) is 0 Å². The molecule has 0 aliphatic heterocycles. The molecule has 0 aliphatic rings. The zero-order chi connectivity index (χ0) is 38.9. The summed E-state index contributed by atoms with van der Waals surface area (Å²) in [6.45, 7) is 8.99. The van der Waals surface area contributed by atoms with Gasteiger partial charge in [0.2, 0.25) is 0 Å². The summed E-state index contributed by atoms with van der Waals surface area (Å²) >= 11 is 0. The number of esters is 3. The highest BCUT2D eigenvalue weighted by Crippen LogP contribution is 2.17. The van der Waals surface area contributed by atoms with E-state index in [-0.39, 0.29) is 31.1 Å². The molecule has 0 aromatic heterocycles. The maximum Gasteiger partial charge on any atom is 0.306 e. The first kappa shape index (κ1) is 51.4. The van der Waals surface area contributed by atoms with E-state index in [1.807, 2.05) is 0 Å². The molecule has 0 fully saturated rings. The zero-order valence-electron chi connectivity index (χ0n) is 36.0. The van der Waals surface area contributed by atoms with Gasteiger partial charge in [-0.05, 0) is 25.2 Å². The molecule has 0 amide bonds. The van der Waals surface area contributed by atoms with Crippen LogP contribution < -0.4 is 0 Å². The summed E-state index contributed by atoms with van der Waals surface area (Å²) in [4.78, 5) is 37.7. The van der Waals surface area contributed by atoms with Crippen molar-refractivity contribution < 1.29 is 28.6 Å². The van der Waals surface area contributed by atoms with E-state index in [1.165, 1.54) is 154 Å². The van der Waals surface area contributed by atoms with E-state index in [2.05, 4.69) is 27.7 Å². The number of hydrogen-bond acceptors (Lipinski definition) is 6. The Hall–Kier alpha value is -1.59. The van der Waals surface area contributed by atoms with E-state index in [1.54, 1.807) is 0 Å². The van der Waals surface area contributed by atoms with Gasteiger partial charge in [0.1, 0.15) is 13.2 Å². The second-order valence-corrected chi connectivity index (χ2v) is 16.3. The van der Waals surface area contributed by atoms with Gasteiger partial charge < -0.3 is 14.2 Å². The van der Waals surface area contributed by atoms with Gasteiger partial charge in [0.15, 0.2) is 6.10 Å². The van der Waals surface area contributed by atoms with Crippen LogP contribution in [0.4, 0.5) is 0 Å². The maximum absolute atomic E-state index is 12.7. The Labute approximate surface area is 329 Å². The zero-order valence-corrected chi connectivity index (χ0v) is 36.0. The van der Waals surface area contributed by atoms with Gasteiger partial charge in [-0.25, -0.2) is 0 Å². The van der Waals surface area contributed by atoms with Crippen LogP contribution in [0.1, 0.15) is 259 Å². The van der Waals surface area contributed by atoms with E-state index in [0.717, 1.165) is 63.7 Å². The third kappa shape index (κ3) is 39.9. The third-order valence-electron chi connectivity index (χ3n) is 10.9. The van der Waals surface area contributed by atoms with Gasteiger partial charge in [0.05, 0.1) is 0 Å². The highest BCUT2D eigenvalue weighted by Gasteiger charge is 2.19. The summed E-state index contributed by atoms with van der Waals surface area (Å²) in [5.74, 6) is -0.00629. The largest absolute Gasteiger partial charge is 0.462 e. The minimum Gasteiger partial charge on any atom is -0.462 e. The van der Waals surface area contributed by atoms with Crippen LogP contribution in [-0.2, 0) is 28.6 Å². The highest BCUT2D eigenvalue weighted by atomic mass is 16.6. The van der Waals surface area contributed by atoms with Crippen LogP contribution in [-0.4, -0.2) is 37.2 Å². The average molecular weight is 751 g/mol. The lowest BCUT2D eigenvalue weighted by Crippen LogP contribution is -2.30. The van der Waals surface area contributed by atoms with Crippen molar-refractivity contribution >= 4 is 17.9 Å². The number of unbranched alkanes of at least 4 members (excludes halogenated alkanes) is 28. The van der Waals surface area contributed by atoms with Gasteiger partial charge in [0, 0.05) is 19.3 Å². The molecule has 2 atom stereocenters. The van der Waals surface area contributed by atoms with E-state index in [9.17, 15) is 14.4 Å². The summed E-state index contributed by atoms with van der Waals surface area (Å²) < 4.78 is 16.7. The topological polar surface area (TPSA) is 78.9 Å². The molecule has 0 heterocycles. The fourth-order valence-corrected chi connectivity index (χ4v) is 6.95. The van der Waals surface area contributed by atoms with Crippen LogP contribution in [0.5, 0.6) is 0 Å². The summed E-state index contributed by atoms with van der Waals surface area (Å²) in [7, 11) is 0. The molecule has 0 radical (unpaired) electrons. The summed E-state index contributed by atoms with van der Waals surface area (Å²) in [6, 6.07) is 0. The average Bonchev–Trinajstić information content (AvgIpc) is 3.15. The fraction of sp³-hybridized carbons (Fsp3) is 0.936. The van der Waals surface area contributed by atoms with E-state index in [4.69, 9.17) is 14.2 Å². The molecule has 0 aromatic carbocycles. The second-order valence-electron chi connectivity index (χ2n) is 16.3. The van der Waals surface area contributed by atoms with E-state index >= 15 is 0 Å². The minimum absolute atomic E-state index is 0.0639. The van der Waals surface area contributed by atoms with Crippen LogP contribution in [0.15, 0.2) is 0 Å². The predicted octanol–water partition coefficient (Wildman–Crippen LogP) is 14.7. The van der Waals surface area contributed by atoms with Crippen molar-refractivity contribution in [3.63, 3.8) is 0 Å². The van der Waals surface area contributed by atoms with Crippen LogP contribution in [0.25, 0.3) is 0 Å². The Balaban J connectivity index is 4.33. The Morgan fingerprint density at radius 3 is 0.981 bits per heavy atom. The van der Waals surface area contributed by atoms with Gasteiger partial charge in [-0.15, -0.1) is 0 Å². The number of hydrogen-bond donors (Lipinski definition) is 0. The molecule has 0 N–H and O–H groups in total. The first-order valence-corrected chi connectivity index (χ1v) is 23.4. The molecule has 0 saturated carbocycles. The first-order chi connectivity index (χ1) is 25.9. The second kappa shape index (κ2) is 41.6. The van der Waals surface area contributed by atoms with Crippen LogP contribution in [0, 0.1) is 5.92 Å². The molecule has 314 valence electrons. The molecule has 0 aromatic rings. The van der Waals surface area contributed by atoms with Crippen molar-refractivity contribution in [3.05, 3.63) is 0 Å². The molecule has 0 saturated heterocycles. The standard InChI is InChI=1S/C47H90O6/c1-5-8-10-12-14-16-18-19-20-22-28-32-36-40-47(50)53-44(41-51-45(48)38-34-30-26-21-17-15-13-11-9-6-2)42-52-46(49)39-35-31-27-24-23-25-29-33-37-43(4)7-3/h43-44H,5-42H2,1-4H3/t43?,44-/m0/s1. The van der Waals surface area contributed by atoms with Crippen LogP contribution in [0.3, 0.4) is 0 Å². The smallest absolute Gasteiger partial charge is 0.306 e. The third-order valence-corrected chi connectivity index (χ3v) is 10.9. The quantitative estimate of drug-likeness (QED) is 0.0351. The predicted molar refractivity (Wildman–Crippen MR) is 224 cm³/mol. The van der Waals surface area contributed by atoms with Crippen LogP contribution in [0.2, 0.25) is 0 Å². The number of rotatable bonds is 42. The summed E-state index contributed by atoms with van der Waals surface area (Å²) in [6.07, 6.45) is 40.8. The van der Waals surface area contributed by atoms with E-state index in [0.29, 0.717) is 19.3 Å². The lowest BCUT2D eigenvalue weighted by molar-refractivity contribution is -0.167. The number of ether oxygens (including phenoxy) is 3. The summed E-state index contributed by atoms with van der Waals surface area (Å²) in [5, 5.41) is 0. The maximum atomic E-state index is 12.7. The van der Waals surface area contributed by atoms with Gasteiger partial charge in [0.25, 0.3) is 0 Å². The van der Waals surface area contributed by atoms with Gasteiger partial charge >= 0.3 is 17.9 Å². The SMILES string of the molecule is CCCCCCCCCCCCCCCC(=O)O[C@@H](COC(=O)CCCCCCCCCCCC)COC(=O)CCCCCCCCCCC(C)CC. The molecular formula is C47H90O6. The lowest BCUT2D eigenvalue weighted by Gasteiger charge is -2.18. The van der Waals surface area contributed by atoms with E-state index < -0.39 is 6.10 Å². The van der Waals surface area contributed by atoms with Crippen molar-refractivity contribution in [2.75, 3.05) is 13.2 Å². The van der Waals surface area contributed by atoms with Gasteiger partial charge in [-0.2, -0.15) is 0 Å². The Bertz CT molecular complexity index is 798. The van der Waals surface area contributed by atoms with Crippen molar-refractivity contribution in [2.45, 2.75) is 265 Å². The fourth-order valence-electron chi connectivity index (χ4n) is 6.95. The molecular weight excluding hydrogens is 661 g/mol. The van der Waals surface area contributed by atoms with Gasteiger partial charge in [-0.1, -0.05) is 220 Å². The van der Waals surface area contributed by atoms with Crippen molar-refractivity contribution in [2.24, 2.45) is 5.92 Å². The Morgan fingerprint density at radius 2 is 0.660 bits per heavy atom. The summed E-state index contributed by atoms with van der Waals surface area (Å²) in [5.41, 5.74) is 0. The molecule has 0 aliphatic carbocycles. The van der Waals surface area contributed by atoms with Gasteiger partial charge in [-0.3, -0.25) is 14.4 Å². The number of carbonyl (C=O) groups is 3. The molecule has 0 spiro atoms. The first-order valence-electron chi connectivity index (χ1n) is 23.4. The molecule has 53 heavy (non-hydrogen) atoms. The monoisotopic (exact) mass is 751 g/mol. The number of carbonyl (C=O) groups excluding carboxylic acids is 3. The highest BCUT2D eigenvalue weighted by molar-refractivity contribution is 5.71. The molecule has 6 heteroatoms. The minimum atomic E-state index is -0.759. The molecule has 0 bridgehead atoms.